The minimum atomic E-state index is 0.256. The van der Waals surface area contributed by atoms with Crippen LogP contribution in [0.2, 0.25) is 0 Å². The summed E-state index contributed by atoms with van der Waals surface area (Å²) in [5.74, 6) is 2.89. The number of rotatable bonds is 0. The third-order valence-corrected chi connectivity index (χ3v) is 6.69. The Labute approximate surface area is 133 Å². The van der Waals surface area contributed by atoms with Crippen molar-refractivity contribution < 1.29 is 4.79 Å². The van der Waals surface area contributed by atoms with Crippen molar-refractivity contribution in [1.29, 1.82) is 0 Å². The van der Waals surface area contributed by atoms with E-state index in [0.717, 1.165) is 10.9 Å². The summed E-state index contributed by atoms with van der Waals surface area (Å²) >= 11 is 3.57. The van der Waals surface area contributed by atoms with Crippen molar-refractivity contribution in [3.05, 3.63) is 40.4 Å². The zero-order chi connectivity index (χ0) is 14.3. The van der Waals surface area contributed by atoms with Crippen LogP contribution in [-0.2, 0) is 4.79 Å². The molecule has 2 aliphatic heterocycles. The lowest BCUT2D eigenvalue weighted by molar-refractivity contribution is -0.121. The molecule has 1 amide bonds. The summed E-state index contributed by atoms with van der Waals surface area (Å²) in [6.07, 6.45) is 7.01. The third kappa shape index (κ3) is 1.46. The van der Waals surface area contributed by atoms with Crippen LogP contribution in [0.15, 0.2) is 34.8 Å². The highest BCUT2D eigenvalue weighted by molar-refractivity contribution is 9.10. The number of hydrogen-bond donors (Lipinski definition) is 0. The summed E-state index contributed by atoms with van der Waals surface area (Å²) in [7, 11) is 0. The van der Waals surface area contributed by atoms with Crippen LogP contribution in [0.3, 0.4) is 0 Å². The van der Waals surface area contributed by atoms with Crippen LogP contribution in [0.1, 0.15) is 31.2 Å². The highest BCUT2D eigenvalue weighted by atomic mass is 79.9. The Balaban J connectivity index is 1.66. The van der Waals surface area contributed by atoms with E-state index >= 15 is 0 Å². The van der Waals surface area contributed by atoms with Gasteiger partial charge in [0, 0.05) is 16.2 Å². The van der Waals surface area contributed by atoms with Gasteiger partial charge in [0.25, 0.3) is 0 Å². The molecule has 2 aliphatic carbocycles. The van der Waals surface area contributed by atoms with Gasteiger partial charge in [0.1, 0.15) is 0 Å². The highest BCUT2D eigenvalue weighted by Gasteiger charge is 2.60. The Morgan fingerprint density at radius 3 is 2.86 bits per heavy atom. The lowest BCUT2D eigenvalue weighted by Gasteiger charge is -2.38. The van der Waals surface area contributed by atoms with Crippen molar-refractivity contribution in [3.8, 4) is 0 Å². The summed E-state index contributed by atoms with van der Waals surface area (Å²) < 4.78 is 1.11. The van der Waals surface area contributed by atoms with Gasteiger partial charge in [0.05, 0.1) is 5.92 Å². The molecule has 0 radical (unpaired) electrons. The number of amides is 1. The first-order chi connectivity index (χ1) is 10.1. The summed E-state index contributed by atoms with van der Waals surface area (Å²) in [4.78, 5) is 15.2. The number of allylic oxidation sites excluding steroid dienone is 2. The first-order valence-corrected chi connectivity index (χ1v) is 8.75. The SMILES string of the molecule is C[C@H]1CC2[C@@H]3[C@H](C(=O)N2c2ccc(Br)cc21)[C@@H]1C=C[C@H]3C1. The topological polar surface area (TPSA) is 20.3 Å². The second-order valence-corrected chi connectivity index (χ2v) is 8.08. The van der Waals surface area contributed by atoms with Crippen molar-refractivity contribution in [3.63, 3.8) is 0 Å². The molecule has 108 valence electrons. The van der Waals surface area contributed by atoms with Gasteiger partial charge in [-0.15, -0.1) is 0 Å². The molecular weight excluding hydrogens is 326 g/mol. The molecule has 6 atom stereocenters. The Hall–Kier alpha value is -1.09. The zero-order valence-corrected chi connectivity index (χ0v) is 13.6. The van der Waals surface area contributed by atoms with Crippen molar-refractivity contribution in [1.82, 2.24) is 0 Å². The third-order valence-electron chi connectivity index (χ3n) is 6.19. The van der Waals surface area contributed by atoms with Crippen LogP contribution in [-0.4, -0.2) is 11.9 Å². The first kappa shape index (κ1) is 12.5. The van der Waals surface area contributed by atoms with Gasteiger partial charge in [-0.3, -0.25) is 4.79 Å². The van der Waals surface area contributed by atoms with Gasteiger partial charge < -0.3 is 4.90 Å². The van der Waals surface area contributed by atoms with Crippen LogP contribution in [0, 0.1) is 23.7 Å². The van der Waals surface area contributed by atoms with E-state index in [1.807, 2.05) is 0 Å². The Bertz CT molecular complexity index is 682. The standard InChI is InChI=1S/C18H18BrNO/c1-9-6-15-16-10-2-3-11(7-10)17(16)18(21)20(15)14-5-4-12(19)8-13(9)14/h2-5,8-11,15-17H,6-7H2,1H3/t9-,10-,11+,15?,16+,17+/m0/s1. The first-order valence-electron chi connectivity index (χ1n) is 7.96. The van der Waals surface area contributed by atoms with E-state index < -0.39 is 0 Å². The fourth-order valence-electron chi connectivity index (χ4n) is 5.42. The number of hydrogen-bond acceptors (Lipinski definition) is 1. The molecule has 2 bridgehead atoms. The zero-order valence-electron chi connectivity index (χ0n) is 12.0. The number of anilines is 1. The molecule has 1 aromatic rings. The van der Waals surface area contributed by atoms with Gasteiger partial charge in [0.2, 0.25) is 5.91 Å². The molecule has 5 rings (SSSR count). The lowest BCUT2D eigenvalue weighted by atomic mass is 9.77. The smallest absolute Gasteiger partial charge is 0.231 e. The summed E-state index contributed by atoms with van der Waals surface area (Å²) in [6, 6.07) is 6.83. The van der Waals surface area contributed by atoms with Gasteiger partial charge in [0.15, 0.2) is 0 Å². The number of benzene rings is 1. The van der Waals surface area contributed by atoms with Crippen LogP contribution >= 0.6 is 15.9 Å². The molecule has 0 N–H and O–H groups in total. The highest BCUT2D eigenvalue weighted by Crippen LogP contribution is 2.58. The van der Waals surface area contributed by atoms with E-state index in [1.54, 1.807) is 0 Å². The Kier molecular flexibility index (Phi) is 2.38. The van der Waals surface area contributed by atoms with E-state index in [1.165, 1.54) is 17.7 Å². The second-order valence-electron chi connectivity index (χ2n) is 7.17. The maximum atomic E-state index is 13.0. The van der Waals surface area contributed by atoms with Gasteiger partial charge >= 0.3 is 0 Å². The molecular formula is C18H18BrNO. The molecule has 1 saturated heterocycles. The van der Waals surface area contributed by atoms with Crippen LogP contribution in [0.25, 0.3) is 0 Å². The fourth-order valence-corrected chi connectivity index (χ4v) is 5.80. The lowest BCUT2D eigenvalue weighted by Crippen LogP contribution is -2.41. The van der Waals surface area contributed by atoms with Crippen LogP contribution < -0.4 is 4.90 Å². The molecule has 1 unspecified atom stereocenters. The largest absolute Gasteiger partial charge is 0.308 e. The van der Waals surface area contributed by atoms with Crippen molar-refractivity contribution in [2.24, 2.45) is 23.7 Å². The maximum Gasteiger partial charge on any atom is 0.231 e. The van der Waals surface area contributed by atoms with Crippen molar-refractivity contribution in [2.45, 2.75) is 31.7 Å². The van der Waals surface area contributed by atoms with E-state index in [0.29, 0.717) is 35.6 Å². The Morgan fingerprint density at radius 2 is 2.00 bits per heavy atom. The fraction of sp³-hybridized carbons (Fsp3) is 0.500. The molecule has 21 heavy (non-hydrogen) atoms. The van der Waals surface area contributed by atoms with Gasteiger partial charge in [-0.2, -0.15) is 0 Å². The van der Waals surface area contributed by atoms with Gasteiger partial charge in [-0.1, -0.05) is 35.0 Å². The van der Waals surface area contributed by atoms with E-state index in [4.69, 9.17) is 0 Å². The van der Waals surface area contributed by atoms with Gasteiger partial charge in [-0.25, -0.2) is 0 Å². The average molecular weight is 344 g/mol. The molecule has 2 heterocycles. The normalized spacial score (nSPS) is 42.2. The molecule has 2 nitrogen and oxygen atoms in total. The molecule has 0 aromatic heterocycles. The minimum Gasteiger partial charge on any atom is -0.308 e. The summed E-state index contributed by atoms with van der Waals surface area (Å²) in [6.45, 7) is 2.31. The van der Waals surface area contributed by atoms with Gasteiger partial charge in [-0.05, 0) is 60.3 Å². The monoisotopic (exact) mass is 343 g/mol. The Morgan fingerprint density at radius 1 is 1.19 bits per heavy atom. The predicted octanol–water partition coefficient (Wildman–Crippen LogP) is 4.11. The molecule has 1 aromatic carbocycles. The van der Waals surface area contributed by atoms with E-state index in [-0.39, 0.29) is 5.92 Å². The minimum absolute atomic E-state index is 0.256. The van der Waals surface area contributed by atoms with E-state index in [9.17, 15) is 4.79 Å². The maximum absolute atomic E-state index is 13.0. The molecule has 3 heteroatoms. The number of fused-ring (bicyclic) bond motifs is 9. The van der Waals surface area contributed by atoms with Crippen molar-refractivity contribution >= 4 is 27.5 Å². The number of carbonyl (C=O) groups is 1. The van der Waals surface area contributed by atoms with Crippen LogP contribution in [0.5, 0.6) is 0 Å². The molecule has 0 spiro atoms. The number of carbonyl (C=O) groups excluding carboxylic acids is 1. The number of halogens is 1. The van der Waals surface area contributed by atoms with Crippen molar-refractivity contribution in [2.75, 3.05) is 4.90 Å². The summed E-state index contributed by atoms with van der Waals surface area (Å²) in [5.41, 5.74) is 2.50. The quantitative estimate of drug-likeness (QED) is 0.649. The molecule has 2 fully saturated rings. The second kappa shape index (κ2) is 4.01. The predicted molar refractivity (Wildman–Crippen MR) is 86.2 cm³/mol. The number of nitrogens with zero attached hydrogens (tertiary/aromatic N) is 1. The van der Waals surface area contributed by atoms with E-state index in [2.05, 4.69) is 58.1 Å². The van der Waals surface area contributed by atoms with Crippen LogP contribution in [0.4, 0.5) is 5.69 Å². The average Bonchev–Trinajstić information content (AvgIpc) is 3.13. The molecule has 4 aliphatic rings. The molecule has 1 saturated carbocycles. The summed E-state index contributed by atoms with van der Waals surface area (Å²) in [5, 5.41) is 0.